The van der Waals surface area contributed by atoms with Gasteiger partial charge in [0.05, 0.1) is 19.6 Å². The first kappa shape index (κ1) is 14.2. The van der Waals surface area contributed by atoms with Crippen LogP contribution in [0.25, 0.3) is 0 Å². The molecule has 1 fully saturated rings. The van der Waals surface area contributed by atoms with Crippen molar-refractivity contribution in [3.05, 3.63) is 0 Å². The largest absolute Gasteiger partial charge is 0.480 e. The zero-order chi connectivity index (χ0) is 13.7. The fraction of sp³-hybridized carbons (Fsp3) is 0.700. The Kier molecular flexibility index (Phi) is 4.90. The van der Waals surface area contributed by atoms with E-state index in [1.54, 1.807) is 0 Å². The molecule has 1 aliphatic heterocycles. The molecule has 8 heteroatoms. The molecule has 2 atom stereocenters. The number of nitrogens with one attached hydrogen (secondary N) is 1. The van der Waals surface area contributed by atoms with Crippen molar-refractivity contribution in [1.82, 2.24) is 10.2 Å². The number of β-amino-alcohol motifs (C(OH)–C–C–N with tert-alkyl or cyclic N) is 1. The highest BCUT2D eigenvalue weighted by Crippen LogP contribution is 2.17. The van der Waals surface area contributed by atoms with Crippen LogP contribution >= 0.6 is 0 Å². The minimum Gasteiger partial charge on any atom is -0.480 e. The summed E-state index contributed by atoms with van der Waals surface area (Å²) in [7, 11) is 1.24. The number of urea groups is 1. The van der Waals surface area contributed by atoms with Crippen molar-refractivity contribution in [2.24, 2.45) is 0 Å². The first-order valence-electron chi connectivity index (χ1n) is 5.48. The Morgan fingerprint density at radius 2 is 2.11 bits per heavy atom. The van der Waals surface area contributed by atoms with E-state index < -0.39 is 30.1 Å². The van der Waals surface area contributed by atoms with Crippen molar-refractivity contribution in [1.29, 1.82) is 0 Å². The summed E-state index contributed by atoms with van der Waals surface area (Å²) >= 11 is 0. The van der Waals surface area contributed by atoms with Crippen LogP contribution in [0.3, 0.4) is 0 Å². The summed E-state index contributed by atoms with van der Waals surface area (Å²) in [4.78, 5) is 34.4. The average molecular weight is 260 g/mol. The third kappa shape index (κ3) is 3.59. The number of hydrogen-bond acceptors (Lipinski definition) is 5. The van der Waals surface area contributed by atoms with E-state index in [9.17, 15) is 19.5 Å². The van der Waals surface area contributed by atoms with Gasteiger partial charge in [-0.3, -0.25) is 4.79 Å². The summed E-state index contributed by atoms with van der Waals surface area (Å²) in [5, 5.41) is 20.7. The summed E-state index contributed by atoms with van der Waals surface area (Å²) in [5.41, 5.74) is 0. The van der Waals surface area contributed by atoms with E-state index in [0.29, 0.717) is 0 Å². The minimum atomic E-state index is -1.16. The van der Waals surface area contributed by atoms with Gasteiger partial charge in [-0.2, -0.15) is 0 Å². The van der Waals surface area contributed by atoms with Gasteiger partial charge in [0.1, 0.15) is 6.04 Å². The minimum absolute atomic E-state index is 0.0103. The van der Waals surface area contributed by atoms with E-state index in [4.69, 9.17) is 5.11 Å². The molecule has 2 amide bonds. The van der Waals surface area contributed by atoms with Crippen molar-refractivity contribution in [2.75, 3.05) is 20.2 Å². The Balaban J connectivity index is 2.45. The number of aliphatic hydroxyl groups is 1. The van der Waals surface area contributed by atoms with E-state index in [1.165, 1.54) is 7.11 Å². The number of likely N-dealkylation sites (tertiary alicyclic amines) is 1. The van der Waals surface area contributed by atoms with Crippen LogP contribution in [-0.4, -0.2) is 65.4 Å². The molecule has 8 nitrogen and oxygen atoms in total. The SMILES string of the molecule is COC(=O)CCNC(=O)N1C[C@@H](O)C[C@H]1C(=O)O. The van der Waals surface area contributed by atoms with Gasteiger partial charge < -0.3 is 25.2 Å². The highest BCUT2D eigenvalue weighted by Gasteiger charge is 2.38. The maximum atomic E-state index is 11.7. The summed E-state index contributed by atoms with van der Waals surface area (Å²) in [6.45, 7) is 0.0332. The van der Waals surface area contributed by atoms with Crippen molar-refractivity contribution in [2.45, 2.75) is 25.0 Å². The number of rotatable bonds is 4. The molecule has 0 radical (unpaired) electrons. The van der Waals surface area contributed by atoms with Crippen LogP contribution in [0.1, 0.15) is 12.8 Å². The van der Waals surface area contributed by atoms with Crippen LogP contribution in [-0.2, 0) is 14.3 Å². The molecule has 0 aliphatic carbocycles. The summed E-state index contributed by atoms with van der Waals surface area (Å²) in [6, 6.07) is -1.64. The number of esters is 1. The molecule has 0 bridgehead atoms. The number of hydrogen-bond donors (Lipinski definition) is 3. The number of amides is 2. The number of carboxylic acids is 1. The summed E-state index contributed by atoms with van der Waals surface area (Å²) in [6.07, 6.45) is -0.812. The van der Waals surface area contributed by atoms with Crippen LogP contribution in [0.4, 0.5) is 4.79 Å². The molecular weight excluding hydrogens is 244 g/mol. The van der Waals surface area contributed by atoms with Gasteiger partial charge >= 0.3 is 18.0 Å². The number of carboxylic acid groups (broad SMARTS) is 1. The second-order valence-corrected chi connectivity index (χ2v) is 3.95. The van der Waals surface area contributed by atoms with Gasteiger partial charge in [-0.25, -0.2) is 9.59 Å². The third-order valence-corrected chi connectivity index (χ3v) is 2.66. The number of ether oxygens (including phenoxy) is 1. The number of nitrogens with zero attached hydrogens (tertiary/aromatic N) is 1. The van der Waals surface area contributed by atoms with Crippen molar-refractivity contribution in [3.8, 4) is 0 Å². The average Bonchev–Trinajstić information content (AvgIpc) is 2.71. The first-order valence-corrected chi connectivity index (χ1v) is 5.48. The Bertz CT molecular complexity index is 345. The molecule has 0 aromatic rings. The monoisotopic (exact) mass is 260 g/mol. The van der Waals surface area contributed by atoms with E-state index in [-0.39, 0.29) is 25.9 Å². The Morgan fingerprint density at radius 1 is 1.44 bits per heavy atom. The molecule has 1 saturated heterocycles. The molecule has 102 valence electrons. The molecule has 3 N–H and O–H groups in total. The number of carbonyl (C=O) groups excluding carboxylic acids is 2. The highest BCUT2D eigenvalue weighted by molar-refractivity contribution is 5.83. The molecule has 18 heavy (non-hydrogen) atoms. The topological polar surface area (TPSA) is 116 Å². The molecule has 1 rings (SSSR count). The zero-order valence-electron chi connectivity index (χ0n) is 9.96. The lowest BCUT2D eigenvalue weighted by Gasteiger charge is -2.21. The molecule has 0 aromatic heterocycles. The van der Waals surface area contributed by atoms with Gasteiger partial charge in [0.25, 0.3) is 0 Å². The lowest BCUT2D eigenvalue weighted by molar-refractivity contribution is -0.142. The maximum absolute atomic E-state index is 11.7. The quantitative estimate of drug-likeness (QED) is 0.545. The highest BCUT2D eigenvalue weighted by atomic mass is 16.5. The predicted molar refractivity (Wildman–Crippen MR) is 58.8 cm³/mol. The fourth-order valence-corrected chi connectivity index (χ4v) is 1.75. The molecule has 0 saturated carbocycles. The van der Waals surface area contributed by atoms with E-state index in [2.05, 4.69) is 10.1 Å². The number of methoxy groups -OCH3 is 1. The smallest absolute Gasteiger partial charge is 0.326 e. The van der Waals surface area contributed by atoms with Gasteiger partial charge in [-0.1, -0.05) is 0 Å². The number of carbonyl (C=O) groups is 3. The normalized spacial score (nSPS) is 22.7. The van der Waals surface area contributed by atoms with Gasteiger partial charge in [-0.05, 0) is 0 Å². The zero-order valence-corrected chi connectivity index (χ0v) is 9.96. The van der Waals surface area contributed by atoms with Crippen LogP contribution in [0, 0.1) is 0 Å². The van der Waals surface area contributed by atoms with Gasteiger partial charge in [0.15, 0.2) is 0 Å². The number of aliphatic hydroxyl groups excluding tert-OH is 1. The fourth-order valence-electron chi connectivity index (χ4n) is 1.75. The second kappa shape index (κ2) is 6.20. The third-order valence-electron chi connectivity index (χ3n) is 2.66. The molecule has 0 aromatic carbocycles. The summed E-state index contributed by atoms with van der Waals surface area (Å²) in [5.74, 6) is -1.62. The molecule has 1 heterocycles. The van der Waals surface area contributed by atoms with Crippen LogP contribution in [0.15, 0.2) is 0 Å². The standard InChI is InChI=1S/C10H16N2O6/c1-18-8(14)2-3-11-10(17)12-5-6(13)4-7(12)9(15)16/h6-7,13H,2-5H2,1H3,(H,11,17)(H,15,16)/t6-,7-/m0/s1. The lowest BCUT2D eigenvalue weighted by Crippen LogP contribution is -2.46. The Morgan fingerprint density at radius 3 is 2.67 bits per heavy atom. The summed E-state index contributed by atoms with van der Waals surface area (Å²) < 4.78 is 4.40. The molecular formula is C10H16N2O6. The van der Waals surface area contributed by atoms with Gasteiger partial charge in [0, 0.05) is 19.5 Å². The van der Waals surface area contributed by atoms with Crippen LogP contribution in [0.2, 0.25) is 0 Å². The van der Waals surface area contributed by atoms with Crippen LogP contribution < -0.4 is 5.32 Å². The van der Waals surface area contributed by atoms with E-state index in [0.717, 1.165) is 4.90 Å². The lowest BCUT2D eigenvalue weighted by atomic mass is 10.2. The maximum Gasteiger partial charge on any atom is 0.326 e. The van der Waals surface area contributed by atoms with Gasteiger partial charge in [-0.15, -0.1) is 0 Å². The predicted octanol–water partition coefficient (Wildman–Crippen LogP) is -1.22. The van der Waals surface area contributed by atoms with E-state index in [1.807, 2.05) is 0 Å². The van der Waals surface area contributed by atoms with Crippen molar-refractivity contribution in [3.63, 3.8) is 0 Å². The van der Waals surface area contributed by atoms with Crippen molar-refractivity contribution >= 4 is 18.0 Å². The Labute approximate surface area is 104 Å². The second-order valence-electron chi connectivity index (χ2n) is 3.95. The van der Waals surface area contributed by atoms with Gasteiger partial charge in [0.2, 0.25) is 0 Å². The van der Waals surface area contributed by atoms with Crippen molar-refractivity contribution < 1.29 is 29.3 Å². The van der Waals surface area contributed by atoms with Crippen LogP contribution in [0.5, 0.6) is 0 Å². The molecule has 0 unspecified atom stereocenters. The van der Waals surface area contributed by atoms with E-state index >= 15 is 0 Å². The molecule has 0 spiro atoms. The first-order chi connectivity index (χ1) is 8.45. The number of aliphatic carboxylic acids is 1. The Hall–Kier alpha value is -1.83. The molecule has 1 aliphatic rings.